The van der Waals surface area contributed by atoms with Crippen molar-refractivity contribution in [1.29, 1.82) is 0 Å². The van der Waals surface area contributed by atoms with E-state index < -0.39 is 0 Å². The second-order valence-electron chi connectivity index (χ2n) is 5.44. The molecule has 3 N–H and O–H groups in total. The molecule has 3 aromatic rings. The third kappa shape index (κ3) is 4.44. The largest absolute Gasteiger partial charge is 0.507 e. The van der Waals surface area contributed by atoms with Gasteiger partial charge in [0.15, 0.2) is 0 Å². The van der Waals surface area contributed by atoms with Crippen LogP contribution in [0.3, 0.4) is 0 Å². The van der Waals surface area contributed by atoms with Gasteiger partial charge in [0.1, 0.15) is 17.2 Å². The molecule has 0 amide bonds. The first-order valence-electron chi connectivity index (χ1n) is 7.76. The molecule has 5 heteroatoms. The zero-order valence-electron chi connectivity index (χ0n) is 13.4. The fourth-order valence-corrected chi connectivity index (χ4v) is 4.22. The lowest BCUT2D eigenvalue weighted by Gasteiger charge is -2.11. The van der Waals surface area contributed by atoms with Crippen molar-refractivity contribution in [2.75, 3.05) is 0 Å². The van der Waals surface area contributed by atoms with Gasteiger partial charge in [-0.15, -0.1) is 23.5 Å². The molecule has 0 saturated carbocycles. The van der Waals surface area contributed by atoms with Crippen LogP contribution in [0, 0.1) is 0 Å². The van der Waals surface area contributed by atoms with E-state index in [0.717, 1.165) is 20.9 Å². The van der Waals surface area contributed by atoms with E-state index in [2.05, 4.69) is 0 Å². The van der Waals surface area contributed by atoms with Gasteiger partial charge in [0.05, 0.1) is 0 Å². The average Bonchev–Trinajstić information content (AvgIpc) is 2.62. The zero-order valence-corrected chi connectivity index (χ0v) is 15.1. The Labute approximate surface area is 155 Å². The molecule has 0 aliphatic heterocycles. The highest BCUT2D eigenvalue weighted by Gasteiger charge is 2.10. The van der Waals surface area contributed by atoms with Crippen LogP contribution in [0.15, 0.2) is 76.5 Å². The summed E-state index contributed by atoms with van der Waals surface area (Å²) in [6.45, 7) is 0. The minimum absolute atomic E-state index is 0.248. The molecular formula is C20H18O3S2. The Morgan fingerprint density at radius 2 is 1.00 bits per heavy atom. The van der Waals surface area contributed by atoms with Gasteiger partial charge < -0.3 is 15.3 Å². The van der Waals surface area contributed by atoms with Gasteiger partial charge in [-0.05, 0) is 24.3 Å². The summed E-state index contributed by atoms with van der Waals surface area (Å²) in [4.78, 5) is 1.58. The molecule has 0 atom stereocenters. The third-order valence-corrected chi connectivity index (χ3v) is 5.92. The Morgan fingerprint density at radius 3 is 1.44 bits per heavy atom. The summed E-state index contributed by atoms with van der Waals surface area (Å²) in [6, 6.07) is 20.0. The van der Waals surface area contributed by atoms with Crippen molar-refractivity contribution in [3.63, 3.8) is 0 Å². The lowest BCUT2D eigenvalue weighted by molar-refractivity contribution is 0.461. The first kappa shape index (κ1) is 17.6. The number of hydrogen-bond donors (Lipinski definition) is 3. The number of thioether (sulfide) groups is 2. The number of aromatic hydroxyl groups is 3. The fourth-order valence-electron chi connectivity index (χ4n) is 2.35. The molecule has 0 bridgehead atoms. The second kappa shape index (κ2) is 8.23. The van der Waals surface area contributed by atoms with E-state index in [4.69, 9.17) is 0 Å². The Balaban J connectivity index is 1.69. The number of phenolic OH excluding ortho intramolecular Hbond substituents is 3. The van der Waals surface area contributed by atoms with Crippen LogP contribution < -0.4 is 0 Å². The number of rotatable bonds is 6. The predicted molar refractivity (Wildman–Crippen MR) is 103 cm³/mol. The van der Waals surface area contributed by atoms with Crippen molar-refractivity contribution in [2.45, 2.75) is 21.3 Å². The molecule has 3 rings (SSSR count). The molecular weight excluding hydrogens is 352 g/mol. The Bertz CT molecular complexity index is 797. The van der Waals surface area contributed by atoms with Crippen LogP contribution in [-0.4, -0.2) is 15.3 Å². The fraction of sp³-hybridized carbons (Fsp3) is 0.100. The third-order valence-electron chi connectivity index (χ3n) is 3.70. The highest BCUT2D eigenvalue weighted by molar-refractivity contribution is 7.99. The summed E-state index contributed by atoms with van der Waals surface area (Å²) in [5, 5.41) is 30.2. The molecule has 0 spiro atoms. The average molecular weight is 370 g/mol. The van der Waals surface area contributed by atoms with Crippen molar-refractivity contribution in [3.8, 4) is 17.2 Å². The molecule has 0 aliphatic carbocycles. The first-order chi connectivity index (χ1) is 12.1. The minimum Gasteiger partial charge on any atom is -0.507 e. The molecule has 0 saturated heterocycles. The number of benzene rings is 3. The minimum atomic E-state index is 0.248. The molecule has 0 aliphatic rings. The van der Waals surface area contributed by atoms with E-state index >= 15 is 0 Å². The SMILES string of the molecule is Oc1ccccc1SCc1cccc(CSc2ccccc2O)c1O. The second-order valence-corrected chi connectivity index (χ2v) is 7.47. The van der Waals surface area contributed by atoms with Crippen molar-refractivity contribution >= 4 is 23.5 Å². The van der Waals surface area contributed by atoms with Gasteiger partial charge >= 0.3 is 0 Å². The van der Waals surface area contributed by atoms with Crippen LogP contribution in [0.5, 0.6) is 17.2 Å². The number of para-hydroxylation sites is 3. The van der Waals surface area contributed by atoms with Crippen LogP contribution >= 0.6 is 23.5 Å². The summed E-state index contributed by atoms with van der Waals surface area (Å²) < 4.78 is 0. The van der Waals surface area contributed by atoms with Crippen LogP contribution in [0.1, 0.15) is 11.1 Å². The van der Waals surface area contributed by atoms with E-state index in [1.165, 1.54) is 23.5 Å². The van der Waals surface area contributed by atoms with Gasteiger partial charge in [0.25, 0.3) is 0 Å². The normalized spacial score (nSPS) is 10.7. The summed E-state index contributed by atoms with van der Waals surface area (Å²) >= 11 is 2.97. The maximum Gasteiger partial charge on any atom is 0.129 e. The van der Waals surface area contributed by atoms with Crippen LogP contribution in [0.4, 0.5) is 0 Å². The van der Waals surface area contributed by atoms with Gasteiger partial charge in [0, 0.05) is 32.4 Å². The van der Waals surface area contributed by atoms with Crippen LogP contribution in [0.2, 0.25) is 0 Å². The van der Waals surface area contributed by atoms with E-state index in [1.54, 1.807) is 24.3 Å². The van der Waals surface area contributed by atoms with E-state index in [-0.39, 0.29) is 17.2 Å². The molecule has 128 valence electrons. The molecule has 25 heavy (non-hydrogen) atoms. The summed E-state index contributed by atoms with van der Waals surface area (Å²) in [7, 11) is 0. The molecule has 0 radical (unpaired) electrons. The lowest BCUT2D eigenvalue weighted by Crippen LogP contribution is -1.89. The van der Waals surface area contributed by atoms with Gasteiger partial charge in [-0.25, -0.2) is 0 Å². The predicted octanol–water partition coefficient (Wildman–Crippen LogP) is 5.39. The Morgan fingerprint density at radius 1 is 0.560 bits per heavy atom. The van der Waals surface area contributed by atoms with Crippen molar-refractivity contribution in [2.24, 2.45) is 0 Å². The van der Waals surface area contributed by atoms with Gasteiger partial charge in [-0.2, -0.15) is 0 Å². The molecule has 3 aromatic carbocycles. The molecule has 0 unspecified atom stereocenters. The quantitative estimate of drug-likeness (QED) is 0.508. The number of hydrogen-bond acceptors (Lipinski definition) is 5. The van der Waals surface area contributed by atoms with Crippen LogP contribution in [-0.2, 0) is 11.5 Å². The molecule has 0 fully saturated rings. The monoisotopic (exact) mass is 370 g/mol. The Hall–Kier alpha value is -2.24. The smallest absolute Gasteiger partial charge is 0.129 e. The van der Waals surface area contributed by atoms with E-state index in [9.17, 15) is 15.3 Å². The highest BCUT2D eigenvalue weighted by atomic mass is 32.2. The van der Waals surface area contributed by atoms with Crippen LogP contribution in [0.25, 0.3) is 0 Å². The maximum absolute atomic E-state index is 10.5. The Kier molecular flexibility index (Phi) is 5.79. The maximum atomic E-state index is 10.5. The zero-order chi connectivity index (χ0) is 17.6. The summed E-state index contributed by atoms with van der Waals surface area (Å²) in [6.07, 6.45) is 0. The lowest BCUT2D eigenvalue weighted by atomic mass is 10.1. The molecule has 0 aromatic heterocycles. The van der Waals surface area contributed by atoms with Gasteiger partial charge in [0.2, 0.25) is 0 Å². The summed E-state index contributed by atoms with van der Waals surface area (Å²) in [5.41, 5.74) is 1.65. The van der Waals surface area contributed by atoms with Crippen molar-refractivity contribution in [1.82, 2.24) is 0 Å². The van der Waals surface area contributed by atoms with Crippen molar-refractivity contribution < 1.29 is 15.3 Å². The van der Waals surface area contributed by atoms with Gasteiger partial charge in [-0.1, -0.05) is 42.5 Å². The topological polar surface area (TPSA) is 60.7 Å². The van der Waals surface area contributed by atoms with E-state index in [0.29, 0.717) is 11.5 Å². The van der Waals surface area contributed by atoms with Crippen molar-refractivity contribution in [3.05, 3.63) is 77.9 Å². The molecule has 3 nitrogen and oxygen atoms in total. The van der Waals surface area contributed by atoms with Gasteiger partial charge in [-0.3, -0.25) is 0 Å². The first-order valence-corrected chi connectivity index (χ1v) is 9.73. The number of phenols is 3. The standard InChI is InChI=1S/C20H18O3S2/c21-16-8-1-3-10-18(16)24-12-14-6-5-7-15(20(14)23)13-25-19-11-4-2-9-17(19)22/h1-11,21-23H,12-13H2. The van der Waals surface area contributed by atoms with E-state index in [1.807, 2.05) is 42.5 Å². The molecule has 0 heterocycles. The highest BCUT2D eigenvalue weighted by Crippen LogP contribution is 2.37. The summed E-state index contributed by atoms with van der Waals surface area (Å²) in [5.74, 6) is 1.90.